The number of hydrogen-bond donors (Lipinski definition) is 2. The van der Waals surface area contributed by atoms with E-state index in [0.29, 0.717) is 24.5 Å². The zero-order valence-corrected chi connectivity index (χ0v) is 19.9. The standard InChI is InChI=1S/C21H27NO4.CHF3O3S/c1-12(2)11-22(3)9-8-20-17-13-4-5-14(23)18(17)26-19(20)15(24)6-7-21(20,25)16(22)10-13;2-1(3,4)8(5,6)7/h4-5,12,16,19,25H,6-11H2,1-3H3;(H,5,6,7)/t16-,19+,20+,21-,22?;/m1./s1. The number of rotatable bonds is 2. The van der Waals surface area contributed by atoms with Crippen LogP contribution >= 0.6 is 0 Å². The van der Waals surface area contributed by atoms with Crippen LogP contribution in [0.2, 0.25) is 0 Å². The number of quaternary nitrogens is 1. The summed E-state index contributed by atoms with van der Waals surface area (Å²) in [5.41, 5.74) is -5.24. The molecule has 8 nitrogen and oxygen atoms in total. The molecule has 2 aliphatic heterocycles. The van der Waals surface area contributed by atoms with Gasteiger partial charge in [-0.3, -0.25) is 4.79 Å². The number of phenolic OH excluding ortho intramolecular Hbond substituents is 1. The van der Waals surface area contributed by atoms with Gasteiger partial charge in [-0.15, -0.1) is 0 Å². The predicted octanol–water partition coefficient (Wildman–Crippen LogP) is 1.97. The summed E-state index contributed by atoms with van der Waals surface area (Å²) in [7, 11) is -3.82. The molecule has 1 unspecified atom stereocenters. The highest BCUT2D eigenvalue weighted by Crippen LogP contribution is 2.65. The number of ether oxygens (including phenoxy) is 1. The molecule has 4 aliphatic rings. The number of phenols is 1. The van der Waals surface area contributed by atoms with Gasteiger partial charge >= 0.3 is 5.51 Å². The van der Waals surface area contributed by atoms with Gasteiger partial charge in [0.25, 0.3) is 0 Å². The number of Topliss-reactive ketones (excluding diaryl/α,β-unsaturated/α-hetero) is 1. The SMILES string of the molecule is CC(C)C[N+]1(C)CC[C@]23c4c5ccc(O)c4O[C@H]2C(=O)CC[C@@]3(O)[C@H]1C5.O=S(=O)([O-])C(F)(F)F. The van der Waals surface area contributed by atoms with Crippen LogP contribution in [0.15, 0.2) is 12.1 Å². The van der Waals surface area contributed by atoms with E-state index < -0.39 is 32.7 Å². The Morgan fingerprint density at radius 1 is 1.29 bits per heavy atom. The van der Waals surface area contributed by atoms with E-state index in [-0.39, 0.29) is 17.6 Å². The molecule has 5 atom stereocenters. The highest BCUT2D eigenvalue weighted by molar-refractivity contribution is 7.86. The van der Waals surface area contributed by atoms with E-state index in [1.54, 1.807) is 6.07 Å². The van der Waals surface area contributed by atoms with E-state index >= 15 is 0 Å². The van der Waals surface area contributed by atoms with Gasteiger partial charge in [0.05, 0.1) is 25.6 Å². The van der Waals surface area contributed by atoms with Crippen LogP contribution in [-0.4, -0.2) is 76.8 Å². The number of halogens is 3. The fraction of sp³-hybridized carbons (Fsp3) is 0.682. The molecular formula is C22H28F3NO7S. The Morgan fingerprint density at radius 2 is 1.91 bits per heavy atom. The fourth-order valence-corrected chi connectivity index (χ4v) is 6.88. The third-order valence-electron chi connectivity index (χ3n) is 7.97. The maximum absolute atomic E-state index is 12.8. The summed E-state index contributed by atoms with van der Waals surface area (Å²) in [6.45, 7) is 6.41. The van der Waals surface area contributed by atoms with Crippen LogP contribution in [0.25, 0.3) is 0 Å². The van der Waals surface area contributed by atoms with Crippen molar-refractivity contribution in [3.63, 3.8) is 0 Å². The molecule has 0 aromatic heterocycles. The molecule has 0 amide bonds. The lowest BCUT2D eigenvalue weighted by Gasteiger charge is -2.64. The fourth-order valence-electron chi connectivity index (χ4n) is 6.88. The Hall–Kier alpha value is -1.89. The zero-order chi connectivity index (χ0) is 25.5. The first-order valence-corrected chi connectivity index (χ1v) is 12.5. The van der Waals surface area contributed by atoms with Crippen molar-refractivity contribution in [2.45, 2.75) is 68.2 Å². The highest BCUT2D eigenvalue weighted by atomic mass is 32.2. The minimum Gasteiger partial charge on any atom is -0.741 e. The van der Waals surface area contributed by atoms with Crippen molar-refractivity contribution in [1.82, 2.24) is 0 Å². The van der Waals surface area contributed by atoms with E-state index in [2.05, 4.69) is 20.9 Å². The average Bonchev–Trinajstić information content (AvgIpc) is 3.05. The lowest BCUT2D eigenvalue weighted by atomic mass is 9.48. The smallest absolute Gasteiger partial charge is 0.485 e. The van der Waals surface area contributed by atoms with Crippen LogP contribution in [-0.2, 0) is 26.7 Å². The van der Waals surface area contributed by atoms with Gasteiger partial charge in [0, 0.05) is 30.7 Å². The number of aliphatic hydroxyl groups is 1. The van der Waals surface area contributed by atoms with Crippen molar-refractivity contribution >= 4 is 15.9 Å². The van der Waals surface area contributed by atoms with Crippen LogP contribution in [0.4, 0.5) is 13.2 Å². The Bertz CT molecular complexity index is 1140. The summed E-state index contributed by atoms with van der Waals surface area (Å²) >= 11 is 0. The molecule has 190 valence electrons. The second-order valence-corrected chi connectivity index (χ2v) is 11.8. The minimum atomic E-state index is -6.09. The van der Waals surface area contributed by atoms with Crippen molar-refractivity contribution in [2.75, 3.05) is 20.1 Å². The Morgan fingerprint density at radius 3 is 2.47 bits per heavy atom. The quantitative estimate of drug-likeness (QED) is 0.356. The van der Waals surface area contributed by atoms with E-state index in [9.17, 15) is 28.2 Å². The molecule has 1 saturated heterocycles. The van der Waals surface area contributed by atoms with Gasteiger partial charge in [0.1, 0.15) is 11.6 Å². The van der Waals surface area contributed by atoms with Crippen molar-refractivity contribution in [1.29, 1.82) is 0 Å². The average molecular weight is 508 g/mol. The monoisotopic (exact) mass is 507 g/mol. The number of aromatic hydroxyl groups is 1. The van der Waals surface area contributed by atoms with Crippen LogP contribution in [0.1, 0.15) is 44.2 Å². The van der Waals surface area contributed by atoms with Crippen LogP contribution in [0, 0.1) is 5.92 Å². The molecular weight excluding hydrogens is 479 g/mol. The number of carbonyl (C=O) groups excluding carboxylic acids is 1. The van der Waals surface area contributed by atoms with E-state index in [1.165, 1.54) is 0 Å². The maximum atomic E-state index is 12.8. The summed E-state index contributed by atoms with van der Waals surface area (Å²) in [6, 6.07) is 3.71. The third kappa shape index (κ3) is 3.36. The topological polar surface area (TPSA) is 124 Å². The Kier molecular flexibility index (Phi) is 5.60. The molecule has 1 spiro atoms. The molecule has 34 heavy (non-hydrogen) atoms. The number of hydrogen-bond acceptors (Lipinski definition) is 7. The van der Waals surface area contributed by atoms with Gasteiger partial charge in [-0.1, -0.05) is 19.9 Å². The predicted molar refractivity (Wildman–Crippen MR) is 112 cm³/mol. The van der Waals surface area contributed by atoms with E-state index in [4.69, 9.17) is 17.7 Å². The number of likely N-dealkylation sites (N-methyl/N-ethyl adjacent to an activating group) is 1. The van der Waals surface area contributed by atoms with Crippen LogP contribution in [0.3, 0.4) is 0 Å². The molecule has 0 radical (unpaired) electrons. The first-order valence-electron chi connectivity index (χ1n) is 11.1. The number of carbonyl (C=O) groups is 1. The van der Waals surface area contributed by atoms with Gasteiger partial charge in [0.2, 0.25) is 0 Å². The summed E-state index contributed by atoms with van der Waals surface area (Å²) in [5.74, 6) is 1.14. The number of nitrogens with zero attached hydrogens (tertiary/aromatic N) is 1. The first kappa shape index (κ1) is 25.2. The summed E-state index contributed by atoms with van der Waals surface area (Å²) in [5, 5.41) is 22.5. The molecule has 2 N–H and O–H groups in total. The second kappa shape index (κ2) is 7.55. The van der Waals surface area contributed by atoms with Crippen molar-refractivity contribution < 1.29 is 50.4 Å². The Balaban J connectivity index is 0.000000297. The molecule has 12 heteroatoms. The molecule has 2 heterocycles. The van der Waals surface area contributed by atoms with Gasteiger partial charge in [-0.05, 0) is 18.1 Å². The van der Waals surface area contributed by atoms with Crippen molar-refractivity contribution in [3.8, 4) is 11.5 Å². The van der Waals surface area contributed by atoms with Crippen LogP contribution < -0.4 is 4.74 Å². The third-order valence-corrected chi connectivity index (χ3v) is 8.54. The molecule has 2 aliphatic carbocycles. The number of benzene rings is 1. The normalized spacial score (nSPS) is 35.9. The van der Waals surface area contributed by atoms with Crippen LogP contribution in [0.5, 0.6) is 11.5 Å². The largest absolute Gasteiger partial charge is 0.741 e. The molecule has 2 fully saturated rings. The number of ketones is 1. The Labute approximate surface area is 195 Å². The van der Waals surface area contributed by atoms with Gasteiger partial charge in [0.15, 0.2) is 33.5 Å². The first-order chi connectivity index (χ1) is 15.5. The van der Waals surface area contributed by atoms with Crippen molar-refractivity contribution in [2.24, 2.45) is 5.92 Å². The molecule has 1 aromatic rings. The number of piperidine rings is 1. The zero-order valence-electron chi connectivity index (χ0n) is 19.1. The molecule has 5 rings (SSSR count). The minimum absolute atomic E-state index is 0.0563. The lowest BCUT2D eigenvalue weighted by molar-refractivity contribution is -0.951. The number of alkyl halides is 3. The maximum Gasteiger partial charge on any atom is 0.485 e. The summed E-state index contributed by atoms with van der Waals surface area (Å²) in [4.78, 5) is 12.8. The van der Waals surface area contributed by atoms with Gasteiger partial charge in [-0.2, -0.15) is 13.2 Å². The number of likely N-dealkylation sites (tertiary alicyclic amines) is 1. The van der Waals surface area contributed by atoms with E-state index in [1.807, 2.05) is 6.07 Å². The summed E-state index contributed by atoms with van der Waals surface area (Å²) in [6.07, 6.45) is 1.69. The molecule has 2 bridgehead atoms. The molecule has 1 saturated carbocycles. The van der Waals surface area contributed by atoms with Crippen molar-refractivity contribution in [3.05, 3.63) is 23.3 Å². The summed E-state index contributed by atoms with van der Waals surface area (Å²) < 4.78 is 65.8. The van der Waals surface area contributed by atoms with Gasteiger partial charge < -0.3 is 24.0 Å². The van der Waals surface area contributed by atoms with Gasteiger partial charge in [-0.25, -0.2) is 8.42 Å². The lowest BCUT2D eigenvalue weighted by Crippen LogP contribution is -2.81. The van der Waals surface area contributed by atoms with E-state index in [0.717, 1.165) is 41.5 Å². The molecule has 1 aromatic carbocycles. The highest BCUT2D eigenvalue weighted by Gasteiger charge is 2.76. The second-order valence-electron chi connectivity index (χ2n) is 10.5.